The molecule has 11 heteroatoms. The number of phenols is 1. The number of carbonyl (C=O) groups is 2. The predicted molar refractivity (Wildman–Crippen MR) is 129 cm³/mol. The molecule has 0 fully saturated rings. The molecule has 1 aromatic heterocycles. The van der Waals surface area contributed by atoms with Crippen LogP contribution in [0.4, 0.5) is 0 Å². The minimum Gasteiger partial charge on any atom is -0.502 e. The molecule has 10 nitrogen and oxygen atoms in total. The van der Waals surface area contributed by atoms with Crippen LogP contribution in [0, 0.1) is 0 Å². The zero-order chi connectivity index (χ0) is 24.5. The van der Waals surface area contributed by atoms with Crippen molar-refractivity contribution in [1.29, 1.82) is 0 Å². The molecule has 1 aliphatic heterocycles. The number of rotatable bonds is 3. The lowest BCUT2D eigenvalue weighted by molar-refractivity contribution is -0.115. The van der Waals surface area contributed by atoms with Crippen LogP contribution in [0.1, 0.15) is 23.9 Å². The van der Waals surface area contributed by atoms with Gasteiger partial charge in [0.25, 0.3) is 0 Å². The molecular formula is C23H20IN3O7. The van der Waals surface area contributed by atoms with Crippen LogP contribution >= 0.6 is 22.6 Å². The van der Waals surface area contributed by atoms with Crippen LogP contribution in [0.2, 0.25) is 0 Å². The molecule has 176 valence electrons. The van der Waals surface area contributed by atoms with Gasteiger partial charge in [0.15, 0.2) is 23.1 Å². The Labute approximate surface area is 206 Å². The Hall–Kier alpha value is -3.35. The predicted octanol–water partition coefficient (Wildman–Crippen LogP) is 1.51. The number of hydrogen-bond donors (Lipinski definition) is 1. The molecule has 0 spiro atoms. The highest BCUT2D eigenvalue weighted by molar-refractivity contribution is 14.1. The van der Waals surface area contributed by atoms with Gasteiger partial charge in [0.2, 0.25) is 5.75 Å². The van der Waals surface area contributed by atoms with Gasteiger partial charge < -0.3 is 14.6 Å². The van der Waals surface area contributed by atoms with Crippen LogP contribution in [0.15, 0.2) is 54.2 Å². The van der Waals surface area contributed by atoms with Crippen LogP contribution in [0.3, 0.4) is 0 Å². The van der Waals surface area contributed by atoms with E-state index >= 15 is 0 Å². The fourth-order valence-electron chi connectivity index (χ4n) is 5.04. The number of allylic oxidation sites excluding steroid dienone is 6. The van der Waals surface area contributed by atoms with Crippen LogP contribution in [-0.4, -0.2) is 44.8 Å². The molecule has 2 heterocycles. The molecule has 0 saturated heterocycles. The van der Waals surface area contributed by atoms with Gasteiger partial charge in [-0.25, -0.2) is 23.5 Å². The smallest absolute Gasteiger partial charge is 0.347 e. The number of aromatic hydroxyl groups is 1. The van der Waals surface area contributed by atoms with Gasteiger partial charge in [0.1, 0.15) is 0 Å². The quantitative estimate of drug-likeness (QED) is 0.334. The number of halogens is 1. The number of carbonyl (C=O) groups excluding carboxylic acids is 2. The fraction of sp³-hybridized carbons (Fsp3) is 0.304. The van der Waals surface area contributed by atoms with E-state index in [0.29, 0.717) is 25.9 Å². The third-order valence-corrected chi connectivity index (χ3v) is 7.43. The summed E-state index contributed by atoms with van der Waals surface area (Å²) in [6.45, 7) is 0.140. The van der Waals surface area contributed by atoms with Crippen LogP contribution < -0.4 is 20.9 Å². The highest BCUT2D eigenvalue weighted by Gasteiger charge is 2.45. The Kier molecular flexibility index (Phi) is 5.19. The maximum absolute atomic E-state index is 13.4. The standard InChI is InChI=1S/C23H20IN3O7/c1-25-22(31)26-5-4-11-14(27(26)23(25)32)8-12-15(28)9-13(24)20(29)19(12)18(11)10-6-16(33-2)21(30)17(7-10)34-3/h4,6-7,9,14,18,30H,5,8H2,1-3H3/t14-,18+/m1/s1. The normalized spacial score (nSPS) is 21.4. The van der Waals surface area contributed by atoms with Crippen molar-refractivity contribution in [3.63, 3.8) is 0 Å². The van der Waals surface area contributed by atoms with Crippen molar-refractivity contribution < 1.29 is 24.2 Å². The molecule has 5 rings (SSSR count). The van der Waals surface area contributed by atoms with Gasteiger partial charge in [-0.3, -0.25) is 9.59 Å². The molecular weight excluding hydrogens is 557 g/mol. The van der Waals surface area contributed by atoms with Gasteiger partial charge in [-0.2, -0.15) is 0 Å². The number of benzene rings is 1. The maximum atomic E-state index is 13.4. The summed E-state index contributed by atoms with van der Waals surface area (Å²) in [4.78, 5) is 51.9. The Balaban J connectivity index is 1.81. The Morgan fingerprint density at radius 2 is 1.71 bits per heavy atom. The summed E-state index contributed by atoms with van der Waals surface area (Å²) >= 11 is 1.85. The van der Waals surface area contributed by atoms with Gasteiger partial charge in [0, 0.05) is 36.6 Å². The summed E-state index contributed by atoms with van der Waals surface area (Å²) in [7, 11) is 4.20. The SMILES string of the molecule is COc1cc([C@H]2C3=CCn4c(=O)n(C)c(=O)n4[C@@H]3CC3=C2C(=O)C(I)=CC3=O)cc(OC)c1O. The summed E-state index contributed by atoms with van der Waals surface area (Å²) in [5.41, 5.74) is 0.957. The van der Waals surface area contributed by atoms with Crippen molar-refractivity contribution in [1.82, 2.24) is 13.9 Å². The summed E-state index contributed by atoms with van der Waals surface area (Å²) in [6, 6.07) is 2.55. The third kappa shape index (κ3) is 2.99. The van der Waals surface area contributed by atoms with E-state index in [9.17, 15) is 24.3 Å². The molecule has 2 aromatic rings. The molecule has 34 heavy (non-hydrogen) atoms. The first kappa shape index (κ1) is 22.4. The fourth-order valence-corrected chi connectivity index (χ4v) is 5.61. The first-order valence-electron chi connectivity index (χ1n) is 10.4. The van der Waals surface area contributed by atoms with Crippen molar-refractivity contribution in [2.24, 2.45) is 7.05 Å². The summed E-state index contributed by atoms with van der Waals surface area (Å²) in [5.74, 6) is -1.19. The molecule has 2 aliphatic carbocycles. The highest BCUT2D eigenvalue weighted by atomic mass is 127. The topological polar surface area (TPSA) is 122 Å². The molecule has 2 atom stereocenters. The molecule has 3 aliphatic rings. The van der Waals surface area contributed by atoms with Gasteiger partial charge in [-0.1, -0.05) is 6.08 Å². The van der Waals surface area contributed by atoms with Crippen molar-refractivity contribution in [3.05, 3.63) is 71.1 Å². The monoisotopic (exact) mass is 577 g/mol. The average molecular weight is 577 g/mol. The van der Waals surface area contributed by atoms with Gasteiger partial charge in [-0.05, 0) is 45.9 Å². The lowest BCUT2D eigenvalue weighted by Gasteiger charge is -2.39. The molecule has 0 amide bonds. The molecule has 1 aromatic carbocycles. The van der Waals surface area contributed by atoms with Crippen molar-refractivity contribution in [3.8, 4) is 17.2 Å². The number of nitrogens with zero attached hydrogens (tertiary/aromatic N) is 3. The lowest BCUT2D eigenvalue weighted by atomic mass is 9.69. The lowest BCUT2D eigenvalue weighted by Crippen LogP contribution is -2.40. The zero-order valence-electron chi connectivity index (χ0n) is 18.5. The van der Waals surface area contributed by atoms with E-state index in [1.807, 2.05) is 28.7 Å². The molecule has 0 radical (unpaired) electrons. The average Bonchev–Trinajstić information content (AvgIpc) is 3.05. The number of ketones is 2. The first-order valence-corrected chi connectivity index (χ1v) is 11.5. The van der Waals surface area contributed by atoms with E-state index < -0.39 is 23.3 Å². The Morgan fingerprint density at radius 1 is 1.06 bits per heavy atom. The van der Waals surface area contributed by atoms with E-state index in [-0.39, 0.29) is 41.8 Å². The summed E-state index contributed by atoms with van der Waals surface area (Å²) < 4.78 is 14.7. The minimum absolute atomic E-state index is 0.109. The summed E-state index contributed by atoms with van der Waals surface area (Å²) in [5, 5.41) is 10.4. The molecule has 1 N–H and O–H groups in total. The van der Waals surface area contributed by atoms with E-state index in [0.717, 1.165) is 4.57 Å². The second-order valence-electron chi connectivity index (χ2n) is 8.26. The largest absolute Gasteiger partial charge is 0.502 e. The van der Waals surface area contributed by atoms with E-state index in [1.54, 1.807) is 12.1 Å². The van der Waals surface area contributed by atoms with Gasteiger partial charge >= 0.3 is 11.4 Å². The molecule has 0 bridgehead atoms. The number of phenolic OH excluding ortho intramolecular Hbond substituents is 1. The van der Waals surface area contributed by atoms with Crippen LogP contribution in [-0.2, 0) is 23.2 Å². The van der Waals surface area contributed by atoms with E-state index in [2.05, 4.69) is 0 Å². The zero-order valence-corrected chi connectivity index (χ0v) is 20.7. The number of fused-ring (bicyclic) bond motifs is 3. The van der Waals surface area contributed by atoms with E-state index in [4.69, 9.17) is 9.47 Å². The van der Waals surface area contributed by atoms with Crippen molar-refractivity contribution in [2.45, 2.75) is 24.9 Å². The number of Topliss-reactive ketones (excluding diaryl/α,β-unsaturated/α-hetero) is 1. The number of aromatic nitrogens is 3. The second-order valence-corrected chi connectivity index (χ2v) is 9.42. The number of methoxy groups -OCH3 is 2. The maximum Gasteiger partial charge on any atom is 0.347 e. The minimum atomic E-state index is -0.706. The third-order valence-electron chi connectivity index (χ3n) is 6.63. The van der Waals surface area contributed by atoms with Crippen LogP contribution in [0.5, 0.6) is 17.2 Å². The van der Waals surface area contributed by atoms with Crippen molar-refractivity contribution >= 4 is 34.2 Å². The van der Waals surface area contributed by atoms with Gasteiger partial charge in [-0.15, -0.1) is 0 Å². The highest BCUT2D eigenvalue weighted by Crippen LogP contribution is 2.52. The summed E-state index contributed by atoms with van der Waals surface area (Å²) in [6.07, 6.45) is 3.24. The first-order chi connectivity index (χ1) is 16.2. The Bertz CT molecular complexity index is 1480. The molecule has 0 saturated carbocycles. The van der Waals surface area contributed by atoms with Gasteiger partial charge in [0.05, 0.1) is 30.4 Å². The van der Waals surface area contributed by atoms with Crippen molar-refractivity contribution in [2.75, 3.05) is 14.2 Å². The van der Waals surface area contributed by atoms with E-state index in [1.165, 1.54) is 36.7 Å². The number of hydrogen-bond acceptors (Lipinski definition) is 7. The molecule has 0 unspecified atom stereocenters. The Morgan fingerprint density at radius 3 is 2.32 bits per heavy atom. The second kappa shape index (κ2) is 7.86. The number of ether oxygens (including phenoxy) is 2. The van der Waals surface area contributed by atoms with Crippen LogP contribution in [0.25, 0.3) is 0 Å².